The van der Waals surface area contributed by atoms with Crippen LogP contribution in [0, 0.1) is 35.5 Å². The zero-order chi connectivity index (χ0) is 56.1. The van der Waals surface area contributed by atoms with Gasteiger partial charge in [-0.15, -0.1) is 6.58 Å². The molecule has 2 unspecified atom stereocenters. The molecule has 10 nitrogen and oxygen atoms in total. The molecule has 0 saturated carbocycles. The molecule has 1 N–H and O–H groups in total. The summed E-state index contributed by atoms with van der Waals surface area (Å²) in [5.74, 6) is 1.15. The van der Waals surface area contributed by atoms with Crippen LogP contribution in [0.4, 0.5) is 0 Å². The SMILES string of the molecule is C=CC[C@@H]1O[C@@H]([C@H](/C=C/C(O)CC[C@H]2CC(=C)[C@H](CCC3C[C@@H](C)C(=C)[C@@H](C[C@@H]4O[C@H](C[C@H](C)CO[Si](C)(C)C(C)(C)C)[C@H](C)[C@H]4CC(=O)OC)O3)O2)O[Si](C)(C)C(C)(C)C)[C@@H](O[Si](C)(C)C(C)(C)C)[C@@H](C)[C@H]1C. The molecule has 13 heteroatoms. The number of aliphatic hydroxyl groups is 1. The molecular weight excluding hydrogens is 977 g/mol. The maximum absolute atomic E-state index is 12.8. The molecule has 0 aromatic rings. The quantitative estimate of drug-likeness (QED) is 0.0570. The summed E-state index contributed by atoms with van der Waals surface area (Å²) in [7, 11) is -4.90. The first-order valence-electron chi connectivity index (χ1n) is 28.9. The van der Waals surface area contributed by atoms with Crippen LogP contribution >= 0.6 is 0 Å². The van der Waals surface area contributed by atoms with Crippen LogP contribution in [-0.4, -0.2) is 117 Å². The maximum atomic E-state index is 12.8. The highest BCUT2D eigenvalue weighted by molar-refractivity contribution is 6.75. The van der Waals surface area contributed by atoms with Gasteiger partial charge in [0.1, 0.15) is 6.10 Å². The van der Waals surface area contributed by atoms with Crippen LogP contribution in [0.25, 0.3) is 0 Å². The summed E-state index contributed by atoms with van der Waals surface area (Å²) >= 11 is 0. The first-order chi connectivity index (χ1) is 33.9. The van der Waals surface area contributed by atoms with Gasteiger partial charge in [0.2, 0.25) is 0 Å². The summed E-state index contributed by atoms with van der Waals surface area (Å²) in [6.45, 7) is 59.5. The maximum Gasteiger partial charge on any atom is 0.305 e. The van der Waals surface area contributed by atoms with Crippen molar-refractivity contribution in [2.45, 2.75) is 283 Å². The summed E-state index contributed by atoms with van der Waals surface area (Å²) in [6, 6.07) is 0. The highest BCUT2D eigenvalue weighted by Crippen LogP contribution is 2.47. The average Bonchev–Trinajstić information content (AvgIpc) is 3.78. The summed E-state index contributed by atoms with van der Waals surface area (Å²) < 4.78 is 54.0. The summed E-state index contributed by atoms with van der Waals surface area (Å²) in [6.07, 6.45) is 11.4. The van der Waals surface area contributed by atoms with Gasteiger partial charge < -0.3 is 42.1 Å². The van der Waals surface area contributed by atoms with E-state index in [1.54, 1.807) is 0 Å². The lowest BCUT2D eigenvalue weighted by atomic mass is 9.79. The molecule has 0 radical (unpaired) electrons. The third-order valence-corrected chi connectivity index (χ3v) is 32.9. The van der Waals surface area contributed by atoms with E-state index >= 15 is 0 Å². The second-order valence-electron chi connectivity index (χ2n) is 28.4. The van der Waals surface area contributed by atoms with Gasteiger partial charge in [0, 0.05) is 18.9 Å². The fourth-order valence-corrected chi connectivity index (χ4v) is 14.5. The number of ether oxygens (including phenoxy) is 5. The van der Waals surface area contributed by atoms with E-state index in [9.17, 15) is 9.90 Å². The predicted octanol–water partition coefficient (Wildman–Crippen LogP) is 14.9. The Labute approximate surface area is 456 Å². The third-order valence-electron chi connectivity index (χ3n) is 19.5. The van der Waals surface area contributed by atoms with Crippen LogP contribution < -0.4 is 0 Å². The van der Waals surface area contributed by atoms with Crippen molar-refractivity contribution in [1.82, 2.24) is 0 Å². The Hall–Kier alpha value is -1.24. The lowest BCUT2D eigenvalue weighted by molar-refractivity contribution is -0.184. The van der Waals surface area contributed by atoms with Crippen LogP contribution in [0.5, 0.6) is 0 Å². The number of aliphatic hydroxyl groups excluding tert-OH is 1. The van der Waals surface area contributed by atoms with Crippen molar-refractivity contribution in [2.24, 2.45) is 35.5 Å². The van der Waals surface area contributed by atoms with Crippen molar-refractivity contribution < 1.29 is 46.9 Å². The zero-order valence-corrected chi connectivity index (χ0v) is 54.1. The minimum atomic E-state index is -2.30. The molecule has 0 spiro atoms. The van der Waals surface area contributed by atoms with Gasteiger partial charge in [-0.3, -0.25) is 4.79 Å². The number of rotatable bonds is 24. The number of carbonyl (C=O) groups excluding carboxylic acids is 1. The zero-order valence-electron chi connectivity index (χ0n) is 51.1. The van der Waals surface area contributed by atoms with E-state index in [1.807, 2.05) is 12.2 Å². The summed E-state index contributed by atoms with van der Waals surface area (Å²) in [5, 5.41) is 11.8. The van der Waals surface area contributed by atoms with Crippen LogP contribution in [0.15, 0.2) is 49.1 Å². The lowest BCUT2D eigenvalue weighted by Gasteiger charge is -2.52. The molecule has 4 aliphatic rings. The van der Waals surface area contributed by atoms with Crippen molar-refractivity contribution >= 4 is 30.9 Å². The van der Waals surface area contributed by atoms with E-state index in [-0.39, 0.29) is 99.7 Å². The Morgan fingerprint density at radius 1 is 0.757 bits per heavy atom. The molecule has 0 aliphatic carbocycles. The van der Waals surface area contributed by atoms with Gasteiger partial charge in [0.05, 0.1) is 74.6 Å². The van der Waals surface area contributed by atoms with E-state index in [0.717, 1.165) is 56.1 Å². The first-order valence-corrected chi connectivity index (χ1v) is 37.7. The molecule has 4 aliphatic heterocycles. The van der Waals surface area contributed by atoms with Crippen LogP contribution in [0.3, 0.4) is 0 Å². The third kappa shape index (κ3) is 17.1. The first kappa shape index (κ1) is 65.3. The van der Waals surface area contributed by atoms with Crippen molar-refractivity contribution in [1.29, 1.82) is 0 Å². The van der Waals surface area contributed by atoms with E-state index in [2.05, 4.69) is 162 Å². The number of hydrogen-bond acceptors (Lipinski definition) is 10. The van der Waals surface area contributed by atoms with Gasteiger partial charge in [0.25, 0.3) is 0 Å². The molecule has 4 fully saturated rings. The van der Waals surface area contributed by atoms with Crippen molar-refractivity contribution in [3.8, 4) is 0 Å². The monoisotopic (exact) mass is 1090 g/mol. The lowest BCUT2D eigenvalue weighted by Crippen LogP contribution is -2.60. The second-order valence-corrected chi connectivity index (χ2v) is 42.7. The Kier molecular flexibility index (Phi) is 23.3. The molecule has 4 heterocycles. The predicted molar refractivity (Wildman–Crippen MR) is 313 cm³/mol. The second kappa shape index (κ2) is 26.4. The molecule has 17 atom stereocenters. The molecule has 0 aromatic heterocycles. The fourth-order valence-electron chi connectivity index (χ4n) is 10.8. The molecule has 428 valence electrons. The van der Waals surface area contributed by atoms with E-state index in [4.69, 9.17) is 37.0 Å². The van der Waals surface area contributed by atoms with Crippen molar-refractivity contribution in [3.05, 3.63) is 49.1 Å². The topological polar surface area (TPSA) is 111 Å². The smallest absolute Gasteiger partial charge is 0.305 e. The molecule has 0 aromatic carbocycles. The molecule has 74 heavy (non-hydrogen) atoms. The van der Waals surface area contributed by atoms with Crippen LogP contribution in [-0.2, 0) is 41.8 Å². The van der Waals surface area contributed by atoms with Crippen molar-refractivity contribution in [3.63, 3.8) is 0 Å². The Morgan fingerprint density at radius 2 is 1.36 bits per heavy atom. The van der Waals surface area contributed by atoms with E-state index < -0.39 is 37.2 Å². The highest BCUT2D eigenvalue weighted by Gasteiger charge is 2.52. The number of methoxy groups -OCH3 is 1. The molecule has 4 saturated heterocycles. The minimum absolute atomic E-state index is 0.00114. The number of carbonyl (C=O) groups is 1. The number of hydrogen-bond donors (Lipinski definition) is 1. The molecular formula is C61H112O10Si3. The summed E-state index contributed by atoms with van der Waals surface area (Å²) in [4.78, 5) is 12.8. The van der Waals surface area contributed by atoms with E-state index in [0.29, 0.717) is 37.7 Å². The normalized spacial score (nSPS) is 33.3. The Bertz CT molecular complexity index is 1860. The van der Waals surface area contributed by atoms with Gasteiger partial charge in [0.15, 0.2) is 25.0 Å². The Morgan fingerprint density at radius 3 is 1.95 bits per heavy atom. The molecule has 0 bridgehead atoms. The largest absolute Gasteiger partial charge is 0.469 e. The number of esters is 1. The molecule has 4 rings (SSSR count). The highest BCUT2D eigenvalue weighted by atomic mass is 28.4. The Balaban J connectivity index is 1.40. The van der Waals surface area contributed by atoms with Crippen molar-refractivity contribution in [2.75, 3.05) is 13.7 Å². The van der Waals surface area contributed by atoms with Gasteiger partial charge in [-0.25, -0.2) is 0 Å². The van der Waals surface area contributed by atoms with Crippen LogP contribution in [0.2, 0.25) is 54.4 Å². The standard InChI is InChI=1S/C61H112O10Si3/c1-25-26-51-43(6)44(7)57(71-74(23,24)61(15,16)17)58(69-51)52(70-73(21,22)60(12,13)14)31-28-46(62)27-29-47-35-41(4)50(66-47)32-30-48-34-40(3)42(5)54(67-48)37-55-49(36-56(63)64-18)45(8)53(68-55)33-39(2)38-65-72(19,20)59(9,10)11/h25,28,31,39-40,43-55,57-58,62H,1,4-5,26-27,29-30,32-38H2,2-3,6-24H3/b31-28+/t39-,40+,43+,44-,45+,46?,47-,48?,49+,50-,51-,52-,53+,54+,55-,57-,58-/m0/s1. The van der Waals surface area contributed by atoms with Gasteiger partial charge in [-0.1, -0.05) is 128 Å². The molecule has 0 amide bonds. The van der Waals surface area contributed by atoms with Gasteiger partial charge >= 0.3 is 5.97 Å². The average molecular weight is 1090 g/mol. The van der Waals surface area contributed by atoms with Gasteiger partial charge in [-0.05, 0) is 146 Å². The van der Waals surface area contributed by atoms with Gasteiger partial charge in [-0.2, -0.15) is 0 Å². The van der Waals surface area contributed by atoms with E-state index in [1.165, 1.54) is 7.11 Å². The fraction of sp³-hybridized carbons (Fsp3) is 0.852. The minimum Gasteiger partial charge on any atom is -0.469 e. The summed E-state index contributed by atoms with van der Waals surface area (Å²) in [5.41, 5.74) is 2.22. The van der Waals surface area contributed by atoms with Crippen LogP contribution in [0.1, 0.15) is 161 Å².